The van der Waals surface area contributed by atoms with Gasteiger partial charge >= 0.3 is 5.69 Å². The minimum atomic E-state index is -0.763. The Kier molecular flexibility index (Phi) is 6.21. The van der Waals surface area contributed by atoms with Gasteiger partial charge in [-0.05, 0) is 43.7 Å². The fourth-order valence-electron chi connectivity index (χ4n) is 4.12. The van der Waals surface area contributed by atoms with Crippen LogP contribution in [-0.2, 0) is 0 Å². The molecule has 3 aromatic rings. The zero-order valence-corrected chi connectivity index (χ0v) is 18.8. The Balaban J connectivity index is 1.66. The number of benzene rings is 2. The van der Waals surface area contributed by atoms with Crippen LogP contribution in [0.3, 0.4) is 0 Å². The van der Waals surface area contributed by atoms with Crippen molar-refractivity contribution in [3.05, 3.63) is 80.5 Å². The molecule has 172 valence electrons. The molecule has 0 spiro atoms. The third-order valence-corrected chi connectivity index (χ3v) is 5.88. The van der Waals surface area contributed by atoms with E-state index in [1.165, 1.54) is 7.11 Å². The largest absolute Gasteiger partial charge is 0.495 e. The second-order valence-electron chi connectivity index (χ2n) is 7.67. The minimum Gasteiger partial charge on any atom is -0.495 e. The van der Waals surface area contributed by atoms with Crippen LogP contribution in [-0.4, -0.2) is 40.6 Å². The molecule has 3 N–H and O–H groups in total. The van der Waals surface area contributed by atoms with Gasteiger partial charge in [-0.25, -0.2) is 9.36 Å². The van der Waals surface area contributed by atoms with Crippen LogP contribution in [0.25, 0.3) is 5.69 Å². The number of hydrazone groups is 1. The average molecular weight is 450 g/mol. The maximum Gasteiger partial charge on any atom is 0.335 e. The monoisotopic (exact) mass is 449 g/mol. The number of rotatable bonds is 7. The maximum absolute atomic E-state index is 12.6. The molecule has 4 rings (SSSR count). The van der Waals surface area contributed by atoms with Gasteiger partial charge < -0.3 is 20.2 Å². The van der Waals surface area contributed by atoms with Gasteiger partial charge in [-0.15, -0.1) is 0 Å². The topological polar surface area (TPSA) is 112 Å². The second kappa shape index (κ2) is 9.23. The highest BCUT2D eigenvalue weighted by Crippen LogP contribution is 2.30. The predicted octanol–water partition coefficient (Wildman–Crippen LogP) is 2.52. The van der Waals surface area contributed by atoms with Crippen molar-refractivity contribution in [2.75, 3.05) is 25.1 Å². The molecule has 2 aromatic carbocycles. The average Bonchev–Trinajstić information content (AvgIpc) is 3.30. The van der Waals surface area contributed by atoms with Crippen molar-refractivity contribution in [1.29, 1.82) is 0 Å². The molecule has 1 unspecified atom stereocenters. The van der Waals surface area contributed by atoms with E-state index in [4.69, 9.17) is 4.74 Å². The smallest absolute Gasteiger partial charge is 0.335 e. The first-order valence-corrected chi connectivity index (χ1v) is 10.9. The summed E-state index contributed by atoms with van der Waals surface area (Å²) in [4.78, 5) is 29.7. The molecule has 1 aliphatic rings. The highest BCUT2D eigenvalue weighted by molar-refractivity contribution is 6.03. The number of para-hydroxylation sites is 2. The van der Waals surface area contributed by atoms with Crippen LogP contribution in [0.15, 0.2) is 63.2 Å². The van der Waals surface area contributed by atoms with Gasteiger partial charge in [-0.1, -0.05) is 24.3 Å². The van der Waals surface area contributed by atoms with Gasteiger partial charge in [0, 0.05) is 25.2 Å². The number of H-pyrrole nitrogens is 1. The van der Waals surface area contributed by atoms with Crippen LogP contribution in [0.4, 0.5) is 5.69 Å². The standard InChI is InChI=1S/C24H27N5O4/c1-4-28(5-2)16-12-10-15(11-13-16)17-14-18(27-26-17)21-22(30)25-24(32)29(23(21)31)19-8-6-7-9-20(19)33-3/h6-13,17,26,31H,4-5,14H2,1-3H3,(H,25,30,32). The Morgan fingerprint density at radius 2 is 1.82 bits per heavy atom. The van der Waals surface area contributed by atoms with Gasteiger partial charge in [-0.3, -0.25) is 9.78 Å². The van der Waals surface area contributed by atoms with Crippen LogP contribution in [0.1, 0.15) is 37.4 Å². The lowest BCUT2D eigenvalue weighted by atomic mass is 9.99. The number of aromatic hydroxyl groups is 1. The molecule has 1 aromatic heterocycles. The Hall–Kier alpha value is -4.01. The molecule has 0 bridgehead atoms. The van der Waals surface area contributed by atoms with Gasteiger partial charge in [0.25, 0.3) is 5.56 Å². The van der Waals surface area contributed by atoms with E-state index in [1.807, 2.05) is 12.1 Å². The first-order valence-electron chi connectivity index (χ1n) is 10.9. The van der Waals surface area contributed by atoms with Crippen molar-refractivity contribution in [2.45, 2.75) is 26.3 Å². The summed E-state index contributed by atoms with van der Waals surface area (Å²) < 4.78 is 6.33. The summed E-state index contributed by atoms with van der Waals surface area (Å²) in [6.45, 7) is 6.08. The molecule has 0 fully saturated rings. The fourth-order valence-corrected chi connectivity index (χ4v) is 4.12. The number of aromatic amines is 1. The molecule has 1 atom stereocenters. The Morgan fingerprint density at radius 1 is 1.12 bits per heavy atom. The number of methoxy groups -OCH3 is 1. The van der Waals surface area contributed by atoms with Crippen molar-refractivity contribution in [2.24, 2.45) is 5.10 Å². The van der Waals surface area contributed by atoms with Crippen LogP contribution in [0.5, 0.6) is 11.6 Å². The fraction of sp³-hybridized carbons (Fsp3) is 0.292. The summed E-state index contributed by atoms with van der Waals surface area (Å²) >= 11 is 0. The number of nitrogens with zero attached hydrogens (tertiary/aromatic N) is 3. The summed E-state index contributed by atoms with van der Waals surface area (Å²) in [5, 5.41) is 15.3. The molecule has 2 heterocycles. The molecular formula is C24H27N5O4. The van der Waals surface area contributed by atoms with E-state index in [0.717, 1.165) is 28.9 Å². The maximum atomic E-state index is 12.6. The third kappa shape index (κ3) is 4.09. The summed E-state index contributed by atoms with van der Waals surface area (Å²) in [6.07, 6.45) is 0.380. The Bertz CT molecular complexity index is 1290. The van der Waals surface area contributed by atoms with Crippen molar-refractivity contribution in [1.82, 2.24) is 15.0 Å². The number of nitrogens with one attached hydrogen (secondary N) is 2. The first kappa shape index (κ1) is 22.2. The first-order chi connectivity index (χ1) is 16.0. The lowest BCUT2D eigenvalue weighted by Gasteiger charge is -2.21. The predicted molar refractivity (Wildman–Crippen MR) is 128 cm³/mol. The second-order valence-corrected chi connectivity index (χ2v) is 7.67. The molecular weight excluding hydrogens is 422 g/mol. The van der Waals surface area contributed by atoms with Gasteiger partial charge in [0.05, 0.1) is 24.6 Å². The number of aromatic nitrogens is 2. The van der Waals surface area contributed by atoms with Crippen LogP contribution >= 0.6 is 0 Å². The van der Waals surface area contributed by atoms with Crippen LogP contribution in [0.2, 0.25) is 0 Å². The molecule has 0 saturated carbocycles. The van der Waals surface area contributed by atoms with Gasteiger partial charge in [-0.2, -0.15) is 5.10 Å². The van der Waals surface area contributed by atoms with E-state index in [9.17, 15) is 14.7 Å². The van der Waals surface area contributed by atoms with E-state index in [1.54, 1.807) is 24.3 Å². The highest BCUT2D eigenvalue weighted by Gasteiger charge is 2.28. The molecule has 33 heavy (non-hydrogen) atoms. The van der Waals surface area contributed by atoms with Crippen molar-refractivity contribution < 1.29 is 9.84 Å². The van der Waals surface area contributed by atoms with Gasteiger partial charge in [0.15, 0.2) is 0 Å². The van der Waals surface area contributed by atoms with Gasteiger partial charge in [0.2, 0.25) is 5.88 Å². The molecule has 0 radical (unpaired) electrons. The molecule has 1 aliphatic heterocycles. The summed E-state index contributed by atoms with van der Waals surface area (Å²) in [7, 11) is 1.47. The number of hydrogen-bond donors (Lipinski definition) is 3. The Labute approximate surface area is 191 Å². The molecule has 9 nitrogen and oxygen atoms in total. The van der Waals surface area contributed by atoms with E-state index in [2.05, 4.69) is 46.4 Å². The van der Waals surface area contributed by atoms with E-state index in [0.29, 0.717) is 23.6 Å². The van der Waals surface area contributed by atoms with Crippen LogP contribution in [0, 0.1) is 0 Å². The summed E-state index contributed by atoms with van der Waals surface area (Å²) in [6, 6.07) is 14.8. The number of hydrogen-bond acceptors (Lipinski definition) is 7. The van der Waals surface area contributed by atoms with E-state index in [-0.39, 0.29) is 11.6 Å². The van der Waals surface area contributed by atoms with Crippen LogP contribution < -0.4 is 26.3 Å². The minimum absolute atomic E-state index is 0.0460. The van der Waals surface area contributed by atoms with Crippen molar-refractivity contribution in [3.8, 4) is 17.3 Å². The lowest BCUT2D eigenvalue weighted by Crippen LogP contribution is -2.33. The van der Waals surface area contributed by atoms with Gasteiger partial charge in [0.1, 0.15) is 11.3 Å². The summed E-state index contributed by atoms with van der Waals surface area (Å²) in [5.74, 6) is -0.100. The number of ether oxygens (including phenoxy) is 1. The quantitative estimate of drug-likeness (QED) is 0.511. The molecule has 9 heteroatoms. The Morgan fingerprint density at radius 3 is 2.48 bits per heavy atom. The highest BCUT2D eigenvalue weighted by atomic mass is 16.5. The summed E-state index contributed by atoms with van der Waals surface area (Å²) in [5.41, 5.74) is 4.38. The normalized spacial score (nSPS) is 15.1. The zero-order valence-electron chi connectivity index (χ0n) is 18.8. The molecule has 0 saturated heterocycles. The third-order valence-electron chi connectivity index (χ3n) is 5.88. The molecule has 0 aliphatic carbocycles. The number of anilines is 1. The van der Waals surface area contributed by atoms with Crippen molar-refractivity contribution >= 4 is 11.4 Å². The lowest BCUT2D eigenvalue weighted by molar-refractivity contribution is 0.401. The zero-order chi connectivity index (χ0) is 23.5. The van der Waals surface area contributed by atoms with E-state index < -0.39 is 17.1 Å². The molecule has 0 amide bonds. The van der Waals surface area contributed by atoms with E-state index >= 15 is 0 Å². The van der Waals surface area contributed by atoms with Crippen molar-refractivity contribution in [3.63, 3.8) is 0 Å². The SMILES string of the molecule is CCN(CC)c1ccc(C2CC(c3c(O)n(-c4ccccc4OC)c(=O)[nH]c3=O)=NN2)cc1.